The molecule has 2 unspecified atom stereocenters. The van der Waals surface area contributed by atoms with E-state index in [0.29, 0.717) is 6.04 Å². The van der Waals surface area contributed by atoms with Crippen molar-refractivity contribution in [2.45, 2.75) is 45.3 Å². The molecule has 0 aromatic heterocycles. The van der Waals surface area contributed by atoms with Crippen molar-refractivity contribution >= 4 is 0 Å². The van der Waals surface area contributed by atoms with E-state index in [1.807, 2.05) is 12.1 Å². The molecule has 0 spiro atoms. The molecule has 118 valence electrons. The smallest absolute Gasteiger partial charge is 0.123 e. The van der Waals surface area contributed by atoms with Crippen molar-refractivity contribution in [3.05, 3.63) is 35.6 Å². The molecule has 1 heterocycles. The van der Waals surface area contributed by atoms with E-state index < -0.39 is 0 Å². The lowest BCUT2D eigenvalue weighted by Crippen LogP contribution is -2.52. The Kier molecular flexibility index (Phi) is 5.73. The fourth-order valence-corrected chi connectivity index (χ4v) is 3.14. The summed E-state index contributed by atoms with van der Waals surface area (Å²) in [5.41, 5.74) is 7.49. The second-order valence-corrected chi connectivity index (χ2v) is 6.23. The molecule has 1 aromatic carbocycles. The van der Waals surface area contributed by atoms with E-state index >= 15 is 0 Å². The van der Waals surface area contributed by atoms with Crippen LogP contribution in [-0.2, 0) is 0 Å². The van der Waals surface area contributed by atoms with Gasteiger partial charge in [0.1, 0.15) is 5.82 Å². The lowest BCUT2D eigenvalue weighted by molar-refractivity contribution is 0.0679. The number of halogens is 1. The topological polar surface area (TPSA) is 32.5 Å². The van der Waals surface area contributed by atoms with Gasteiger partial charge in [0, 0.05) is 44.3 Å². The minimum absolute atomic E-state index is 0.0843. The summed E-state index contributed by atoms with van der Waals surface area (Å²) in [6.45, 7) is 10.8. The third-order valence-corrected chi connectivity index (χ3v) is 4.56. The first-order valence-electron chi connectivity index (χ1n) is 8.02. The summed E-state index contributed by atoms with van der Waals surface area (Å²) < 4.78 is 13.2. The van der Waals surface area contributed by atoms with Crippen LogP contribution in [0.1, 0.15) is 38.8 Å². The summed E-state index contributed by atoms with van der Waals surface area (Å²) in [5, 5.41) is 0. The Morgan fingerprint density at radius 1 is 1.05 bits per heavy atom. The summed E-state index contributed by atoms with van der Waals surface area (Å²) >= 11 is 0. The minimum Gasteiger partial charge on any atom is -0.326 e. The van der Waals surface area contributed by atoms with Crippen LogP contribution in [0.15, 0.2) is 24.3 Å². The van der Waals surface area contributed by atoms with Crippen molar-refractivity contribution in [1.29, 1.82) is 0 Å². The van der Waals surface area contributed by atoms with E-state index in [4.69, 9.17) is 5.73 Å². The number of piperazine rings is 1. The Balaban J connectivity index is 2.12. The van der Waals surface area contributed by atoms with Crippen molar-refractivity contribution in [2.24, 2.45) is 5.73 Å². The van der Waals surface area contributed by atoms with Gasteiger partial charge in [-0.25, -0.2) is 4.39 Å². The van der Waals surface area contributed by atoms with Crippen LogP contribution < -0.4 is 5.73 Å². The van der Waals surface area contributed by atoms with Gasteiger partial charge in [-0.2, -0.15) is 0 Å². The highest BCUT2D eigenvalue weighted by atomic mass is 19.1. The summed E-state index contributed by atoms with van der Waals surface area (Å²) in [7, 11) is 0. The maximum absolute atomic E-state index is 13.2. The summed E-state index contributed by atoms with van der Waals surface area (Å²) in [6, 6.07) is 7.70. The second kappa shape index (κ2) is 7.34. The van der Waals surface area contributed by atoms with Gasteiger partial charge in [-0.1, -0.05) is 19.1 Å². The number of hydrogen-bond donors (Lipinski definition) is 1. The van der Waals surface area contributed by atoms with Gasteiger partial charge in [-0.15, -0.1) is 0 Å². The number of nitrogens with two attached hydrogens (primary N) is 1. The van der Waals surface area contributed by atoms with Gasteiger partial charge >= 0.3 is 0 Å². The zero-order chi connectivity index (χ0) is 15.4. The molecule has 21 heavy (non-hydrogen) atoms. The highest BCUT2D eigenvalue weighted by Crippen LogP contribution is 2.26. The van der Waals surface area contributed by atoms with Gasteiger partial charge in [0.2, 0.25) is 0 Å². The van der Waals surface area contributed by atoms with Crippen molar-refractivity contribution in [3.63, 3.8) is 0 Å². The van der Waals surface area contributed by atoms with Crippen LogP contribution in [0.3, 0.4) is 0 Å². The molecule has 1 fully saturated rings. The van der Waals surface area contributed by atoms with E-state index in [0.717, 1.165) is 38.2 Å². The van der Waals surface area contributed by atoms with Crippen LogP contribution in [0.5, 0.6) is 0 Å². The number of hydrogen-bond acceptors (Lipinski definition) is 3. The zero-order valence-electron chi connectivity index (χ0n) is 13.4. The largest absolute Gasteiger partial charge is 0.326 e. The SMILES string of the molecule is CCC(N)C(c1ccc(F)cc1)N1CCN(C(C)C)CC1. The van der Waals surface area contributed by atoms with Gasteiger partial charge in [0.15, 0.2) is 0 Å². The molecule has 4 heteroatoms. The average molecular weight is 293 g/mol. The molecule has 3 nitrogen and oxygen atoms in total. The molecule has 2 rings (SSSR count). The maximum Gasteiger partial charge on any atom is 0.123 e. The standard InChI is InChI=1S/C17H28FN3/c1-4-16(19)17(14-5-7-15(18)8-6-14)21-11-9-20(10-12-21)13(2)3/h5-8,13,16-17H,4,9-12,19H2,1-3H3. The fraction of sp³-hybridized carbons (Fsp3) is 0.647. The molecule has 0 amide bonds. The fourth-order valence-electron chi connectivity index (χ4n) is 3.14. The van der Waals surface area contributed by atoms with Gasteiger partial charge in [0.25, 0.3) is 0 Å². The number of rotatable bonds is 5. The van der Waals surface area contributed by atoms with E-state index in [9.17, 15) is 4.39 Å². The lowest BCUT2D eigenvalue weighted by Gasteiger charge is -2.42. The number of nitrogens with zero attached hydrogens (tertiary/aromatic N) is 2. The molecule has 1 saturated heterocycles. The van der Waals surface area contributed by atoms with E-state index in [1.165, 1.54) is 12.1 Å². The molecule has 0 bridgehead atoms. The van der Waals surface area contributed by atoms with Gasteiger partial charge < -0.3 is 5.73 Å². The van der Waals surface area contributed by atoms with E-state index in [2.05, 4.69) is 30.6 Å². The molecule has 1 aliphatic rings. The van der Waals surface area contributed by atoms with Crippen molar-refractivity contribution in [1.82, 2.24) is 9.80 Å². The first-order valence-corrected chi connectivity index (χ1v) is 8.02. The molecule has 0 aliphatic carbocycles. The first kappa shape index (κ1) is 16.4. The number of benzene rings is 1. The quantitative estimate of drug-likeness (QED) is 0.906. The third-order valence-electron chi connectivity index (χ3n) is 4.56. The van der Waals surface area contributed by atoms with Gasteiger partial charge in [0.05, 0.1) is 0 Å². The van der Waals surface area contributed by atoms with E-state index in [-0.39, 0.29) is 17.9 Å². The van der Waals surface area contributed by atoms with Crippen LogP contribution in [-0.4, -0.2) is 48.1 Å². The predicted octanol–water partition coefficient (Wildman–Crippen LogP) is 2.63. The second-order valence-electron chi connectivity index (χ2n) is 6.23. The molecule has 1 aromatic rings. The van der Waals surface area contributed by atoms with Crippen LogP contribution in [0.25, 0.3) is 0 Å². The third kappa shape index (κ3) is 4.02. The Morgan fingerprint density at radius 3 is 2.05 bits per heavy atom. The van der Waals surface area contributed by atoms with Crippen LogP contribution >= 0.6 is 0 Å². The minimum atomic E-state index is -0.188. The first-order chi connectivity index (χ1) is 10.0. The molecule has 0 saturated carbocycles. The highest BCUT2D eigenvalue weighted by Gasteiger charge is 2.29. The lowest BCUT2D eigenvalue weighted by atomic mass is 9.95. The average Bonchev–Trinajstić information content (AvgIpc) is 2.49. The zero-order valence-corrected chi connectivity index (χ0v) is 13.4. The highest BCUT2D eigenvalue weighted by molar-refractivity contribution is 5.22. The molecule has 0 radical (unpaired) electrons. The van der Waals surface area contributed by atoms with Gasteiger partial charge in [-0.05, 0) is 38.0 Å². The van der Waals surface area contributed by atoms with Crippen molar-refractivity contribution < 1.29 is 4.39 Å². The predicted molar refractivity (Wildman–Crippen MR) is 85.7 cm³/mol. The van der Waals surface area contributed by atoms with Gasteiger partial charge in [-0.3, -0.25) is 9.80 Å². The molecular formula is C17H28FN3. The maximum atomic E-state index is 13.2. The molecular weight excluding hydrogens is 265 g/mol. The van der Waals surface area contributed by atoms with E-state index in [1.54, 1.807) is 0 Å². The normalized spacial score (nSPS) is 20.7. The molecule has 2 atom stereocenters. The summed E-state index contributed by atoms with van der Waals surface area (Å²) in [6.07, 6.45) is 0.923. The van der Waals surface area contributed by atoms with Crippen molar-refractivity contribution in [3.8, 4) is 0 Å². The van der Waals surface area contributed by atoms with Crippen LogP contribution in [0, 0.1) is 5.82 Å². The summed E-state index contributed by atoms with van der Waals surface area (Å²) in [4.78, 5) is 4.95. The van der Waals surface area contributed by atoms with Crippen LogP contribution in [0.4, 0.5) is 4.39 Å². The Hall–Kier alpha value is -0.970. The Morgan fingerprint density at radius 2 is 1.57 bits per heavy atom. The Bertz CT molecular complexity index is 424. The Labute approximate surface area is 127 Å². The van der Waals surface area contributed by atoms with Crippen molar-refractivity contribution in [2.75, 3.05) is 26.2 Å². The molecule has 2 N–H and O–H groups in total. The molecule has 1 aliphatic heterocycles. The summed E-state index contributed by atoms with van der Waals surface area (Å²) in [5.74, 6) is -0.188. The monoisotopic (exact) mass is 293 g/mol. The van der Waals surface area contributed by atoms with Crippen LogP contribution in [0.2, 0.25) is 0 Å².